The van der Waals surface area contributed by atoms with E-state index in [4.69, 9.17) is 5.11 Å². The molecule has 2 heterocycles. The van der Waals surface area contributed by atoms with E-state index in [0.717, 1.165) is 15.7 Å². The topological polar surface area (TPSA) is 143 Å². The van der Waals surface area contributed by atoms with Crippen LogP contribution in [0.4, 0.5) is 0 Å². The number of fused-ring (bicyclic) bond motifs is 1. The molecule has 10 heteroatoms. The summed E-state index contributed by atoms with van der Waals surface area (Å²) in [5.74, 6) is -4.09. The van der Waals surface area contributed by atoms with Crippen LogP contribution in [0.1, 0.15) is 27.2 Å². The Labute approximate surface area is 188 Å². The lowest BCUT2D eigenvalue weighted by atomic mass is 10.0. The summed E-state index contributed by atoms with van der Waals surface area (Å²) in [5, 5.41) is 21.4. The van der Waals surface area contributed by atoms with Crippen LogP contribution < -0.4 is 10.9 Å². The molecule has 1 amide bonds. The fraction of sp³-hybridized carbons (Fsp3) is 0.174. The third-order valence-corrected chi connectivity index (χ3v) is 6.85. The molecule has 0 unspecified atom stereocenters. The van der Waals surface area contributed by atoms with E-state index in [1.165, 1.54) is 0 Å². The van der Waals surface area contributed by atoms with Crippen LogP contribution in [0.15, 0.2) is 59.4 Å². The van der Waals surface area contributed by atoms with Crippen molar-refractivity contribution >= 4 is 21.7 Å². The standard InChI is InChI=1S/C23H20N2O7S/c26-19(27)10-24-22(29)20-21(28)17-12-33(31,32)13-18(17)25(23(20)30)11-14-6-8-16(9-7-14)15-4-2-1-3-5-15/h1-9,28H,10-13H2,(H,24,29)(H,26,27). The zero-order chi connectivity index (χ0) is 23.8. The number of benzene rings is 2. The molecule has 4 rings (SSSR count). The molecule has 0 spiro atoms. The van der Waals surface area contributed by atoms with E-state index in [1.807, 2.05) is 47.8 Å². The molecule has 0 saturated heterocycles. The van der Waals surface area contributed by atoms with E-state index in [9.17, 15) is 27.9 Å². The quantitative estimate of drug-likeness (QED) is 0.498. The summed E-state index contributed by atoms with van der Waals surface area (Å²) in [5.41, 5.74) is 1.20. The molecule has 2 aromatic carbocycles. The SMILES string of the molecule is O=C(O)CNC(=O)c1c(O)c2c(n(Cc3ccc(-c4ccccc4)cc3)c1=O)CS(=O)(=O)C2. The van der Waals surface area contributed by atoms with Crippen molar-refractivity contribution in [3.8, 4) is 16.9 Å². The molecule has 9 nitrogen and oxygen atoms in total. The van der Waals surface area contributed by atoms with Crippen LogP contribution in [-0.2, 0) is 32.7 Å². The van der Waals surface area contributed by atoms with Crippen LogP contribution in [0.2, 0.25) is 0 Å². The van der Waals surface area contributed by atoms with Gasteiger partial charge in [0.05, 0.1) is 18.1 Å². The van der Waals surface area contributed by atoms with Gasteiger partial charge in [0, 0.05) is 11.3 Å². The lowest BCUT2D eigenvalue weighted by Gasteiger charge is -2.16. The summed E-state index contributed by atoms with van der Waals surface area (Å²) in [4.78, 5) is 36.4. The molecule has 1 aromatic heterocycles. The highest BCUT2D eigenvalue weighted by Crippen LogP contribution is 2.33. The number of nitrogens with one attached hydrogen (secondary N) is 1. The summed E-state index contributed by atoms with van der Waals surface area (Å²) in [6.45, 7) is -0.778. The highest BCUT2D eigenvalue weighted by atomic mass is 32.2. The number of carbonyl (C=O) groups excluding carboxylic acids is 1. The van der Waals surface area contributed by atoms with Crippen molar-refractivity contribution in [2.45, 2.75) is 18.1 Å². The van der Waals surface area contributed by atoms with Crippen molar-refractivity contribution < 1.29 is 28.2 Å². The van der Waals surface area contributed by atoms with E-state index in [-0.39, 0.29) is 17.8 Å². The Hall–Kier alpha value is -3.92. The summed E-state index contributed by atoms with van der Waals surface area (Å²) in [6.07, 6.45) is 0. The normalized spacial score (nSPS) is 13.9. The number of carboxylic acids is 1. The molecular weight excluding hydrogens is 448 g/mol. The molecule has 0 saturated carbocycles. The summed E-state index contributed by atoms with van der Waals surface area (Å²) in [6, 6.07) is 17.0. The minimum absolute atomic E-state index is 0.0176. The molecule has 1 aliphatic rings. The van der Waals surface area contributed by atoms with Crippen molar-refractivity contribution in [3.63, 3.8) is 0 Å². The van der Waals surface area contributed by atoms with Gasteiger partial charge in [0.1, 0.15) is 17.9 Å². The number of hydrogen-bond acceptors (Lipinski definition) is 6. The first-order chi connectivity index (χ1) is 15.7. The fourth-order valence-corrected chi connectivity index (χ4v) is 5.43. The van der Waals surface area contributed by atoms with Crippen LogP contribution >= 0.6 is 0 Å². The number of rotatable bonds is 6. The average molecular weight is 468 g/mol. The van der Waals surface area contributed by atoms with Crippen LogP contribution in [0.5, 0.6) is 5.75 Å². The first kappa shape index (κ1) is 22.3. The predicted molar refractivity (Wildman–Crippen MR) is 120 cm³/mol. The lowest BCUT2D eigenvalue weighted by molar-refractivity contribution is -0.135. The molecular formula is C23H20N2O7S. The highest BCUT2D eigenvalue weighted by Gasteiger charge is 2.35. The third kappa shape index (κ3) is 4.51. The Balaban J connectivity index is 1.75. The third-order valence-electron chi connectivity index (χ3n) is 5.41. The zero-order valence-electron chi connectivity index (χ0n) is 17.3. The van der Waals surface area contributed by atoms with Crippen LogP contribution in [0, 0.1) is 0 Å². The van der Waals surface area contributed by atoms with Crippen molar-refractivity contribution in [3.05, 3.63) is 87.3 Å². The average Bonchev–Trinajstić information content (AvgIpc) is 3.12. The fourth-order valence-electron chi connectivity index (χ4n) is 3.84. The number of carboxylic acid groups (broad SMARTS) is 1. The molecule has 0 atom stereocenters. The van der Waals surface area contributed by atoms with Gasteiger partial charge in [0.2, 0.25) is 0 Å². The number of hydrogen-bond donors (Lipinski definition) is 3. The number of aromatic nitrogens is 1. The van der Waals surface area contributed by atoms with E-state index in [2.05, 4.69) is 0 Å². The second-order valence-electron chi connectivity index (χ2n) is 7.71. The smallest absolute Gasteiger partial charge is 0.322 e. The van der Waals surface area contributed by atoms with Crippen molar-refractivity contribution in [1.82, 2.24) is 9.88 Å². The van der Waals surface area contributed by atoms with E-state index in [1.54, 1.807) is 12.1 Å². The van der Waals surface area contributed by atoms with Crippen molar-refractivity contribution in [2.75, 3.05) is 6.54 Å². The van der Waals surface area contributed by atoms with Gasteiger partial charge >= 0.3 is 5.97 Å². The van der Waals surface area contributed by atoms with Crippen LogP contribution in [0.25, 0.3) is 11.1 Å². The van der Waals surface area contributed by atoms with Crippen molar-refractivity contribution in [1.29, 1.82) is 0 Å². The van der Waals surface area contributed by atoms with E-state index in [0.29, 0.717) is 5.56 Å². The zero-order valence-corrected chi connectivity index (χ0v) is 18.1. The van der Waals surface area contributed by atoms with Gasteiger partial charge in [-0.15, -0.1) is 0 Å². The maximum absolute atomic E-state index is 13.1. The monoisotopic (exact) mass is 468 g/mol. The van der Waals surface area contributed by atoms with Crippen LogP contribution in [-0.4, -0.2) is 41.6 Å². The van der Waals surface area contributed by atoms with Gasteiger partial charge in [-0.2, -0.15) is 0 Å². The number of pyridine rings is 1. The molecule has 0 fully saturated rings. The summed E-state index contributed by atoms with van der Waals surface area (Å²) < 4.78 is 25.7. The Morgan fingerprint density at radius 2 is 1.61 bits per heavy atom. The molecule has 3 N–H and O–H groups in total. The van der Waals surface area contributed by atoms with Crippen molar-refractivity contribution in [2.24, 2.45) is 0 Å². The van der Waals surface area contributed by atoms with E-state index < -0.39 is 56.6 Å². The Bertz CT molecular complexity index is 1410. The molecule has 3 aromatic rings. The second kappa shape index (κ2) is 8.55. The molecule has 1 aliphatic heterocycles. The summed E-state index contributed by atoms with van der Waals surface area (Å²) in [7, 11) is -3.62. The number of carbonyl (C=O) groups is 2. The maximum atomic E-state index is 13.1. The maximum Gasteiger partial charge on any atom is 0.322 e. The molecule has 170 valence electrons. The first-order valence-corrected chi connectivity index (χ1v) is 11.8. The Morgan fingerprint density at radius 1 is 0.970 bits per heavy atom. The van der Waals surface area contributed by atoms with Gasteiger partial charge in [-0.3, -0.25) is 14.4 Å². The molecule has 0 aliphatic carbocycles. The largest absolute Gasteiger partial charge is 0.507 e. The van der Waals surface area contributed by atoms with E-state index >= 15 is 0 Å². The number of aromatic hydroxyl groups is 1. The molecule has 33 heavy (non-hydrogen) atoms. The Morgan fingerprint density at radius 3 is 2.24 bits per heavy atom. The van der Waals surface area contributed by atoms with Crippen LogP contribution in [0.3, 0.4) is 0 Å². The van der Waals surface area contributed by atoms with Gasteiger partial charge in [-0.05, 0) is 16.7 Å². The minimum atomic E-state index is -3.62. The Kier molecular flexibility index (Phi) is 5.77. The lowest BCUT2D eigenvalue weighted by Crippen LogP contribution is -2.37. The molecule has 0 radical (unpaired) electrons. The summed E-state index contributed by atoms with van der Waals surface area (Å²) >= 11 is 0. The van der Waals surface area contributed by atoms with Gasteiger partial charge in [-0.1, -0.05) is 54.6 Å². The highest BCUT2D eigenvalue weighted by molar-refractivity contribution is 7.90. The number of nitrogens with zero attached hydrogens (tertiary/aromatic N) is 1. The van der Waals surface area contributed by atoms with Gasteiger partial charge in [0.15, 0.2) is 9.84 Å². The van der Waals surface area contributed by atoms with Gasteiger partial charge in [-0.25, -0.2) is 8.42 Å². The molecule has 0 bridgehead atoms. The number of amides is 1. The first-order valence-electron chi connectivity index (χ1n) is 9.98. The number of aliphatic carboxylic acids is 1. The number of sulfone groups is 1. The van der Waals surface area contributed by atoms with Gasteiger partial charge in [0.25, 0.3) is 11.5 Å². The predicted octanol–water partition coefficient (Wildman–Crippen LogP) is 1.51. The van der Waals surface area contributed by atoms with Gasteiger partial charge < -0.3 is 20.1 Å². The minimum Gasteiger partial charge on any atom is -0.507 e. The second-order valence-corrected chi connectivity index (χ2v) is 9.78.